The summed E-state index contributed by atoms with van der Waals surface area (Å²) in [6, 6.07) is 22.5. The molecule has 1 aliphatic rings. The summed E-state index contributed by atoms with van der Waals surface area (Å²) in [4.78, 5) is 0.263. The molecule has 36 heavy (non-hydrogen) atoms. The second kappa shape index (κ2) is 9.21. The van der Waals surface area contributed by atoms with Crippen LogP contribution in [0.25, 0.3) is 16.9 Å². The Morgan fingerprint density at radius 3 is 2.44 bits per heavy atom. The van der Waals surface area contributed by atoms with Crippen LogP contribution in [-0.4, -0.2) is 36.6 Å². The highest BCUT2D eigenvalue weighted by Gasteiger charge is 2.36. The molecule has 2 heterocycles. The molecule has 4 aromatic rings. The first kappa shape index (κ1) is 23.7. The lowest BCUT2D eigenvalue weighted by molar-refractivity contribution is 0.594. The number of anilines is 2. The minimum Gasteiger partial charge on any atom is -0.331 e. The smallest absolute Gasteiger partial charge is 0.264 e. The SMILES string of the molecule is Cc1ccccc1NC(=S)N/N=C/c1ccc(-n2nc3c(c2C)N(C)S(=O)(=O)c2ccccc2-3)cc1. The van der Waals surface area contributed by atoms with Gasteiger partial charge in [-0.05, 0) is 61.5 Å². The van der Waals surface area contributed by atoms with Crippen molar-refractivity contribution in [3.63, 3.8) is 0 Å². The third-order valence-electron chi connectivity index (χ3n) is 6.09. The van der Waals surface area contributed by atoms with Gasteiger partial charge in [-0.3, -0.25) is 9.73 Å². The van der Waals surface area contributed by atoms with Gasteiger partial charge in [-0.2, -0.15) is 10.2 Å². The van der Waals surface area contributed by atoms with E-state index in [9.17, 15) is 8.42 Å². The lowest BCUT2D eigenvalue weighted by Gasteiger charge is -2.26. The Bertz CT molecular complexity index is 1610. The molecule has 2 N–H and O–H groups in total. The van der Waals surface area contributed by atoms with Crippen LogP contribution in [0.15, 0.2) is 82.8 Å². The highest BCUT2D eigenvalue weighted by atomic mass is 32.2. The van der Waals surface area contributed by atoms with Gasteiger partial charge in [-0.1, -0.05) is 48.5 Å². The van der Waals surface area contributed by atoms with Crippen molar-refractivity contribution in [1.29, 1.82) is 0 Å². The Hall–Kier alpha value is -4.02. The van der Waals surface area contributed by atoms with E-state index in [2.05, 4.69) is 15.8 Å². The summed E-state index contributed by atoms with van der Waals surface area (Å²) in [7, 11) is -2.07. The standard InChI is InChI=1S/C26H24N6O2S2/c1-17-8-4-6-10-22(17)28-26(35)29-27-16-19-12-14-20(15-13-19)32-18(2)25-24(30-32)21-9-5-7-11-23(21)36(33,34)31(25)3/h4-16H,1-3H3,(H2,28,29,35)/b27-16+. The van der Waals surface area contributed by atoms with Crippen molar-refractivity contribution in [3.05, 3.63) is 89.6 Å². The fraction of sp³-hybridized carbons (Fsp3) is 0.115. The Labute approximate surface area is 215 Å². The van der Waals surface area contributed by atoms with E-state index in [-0.39, 0.29) is 4.90 Å². The van der Waals surface area contributed by atoms with Crippen molar-refractivity contribution >= 4 is 44.9 Å². The van der Waals surface area contributed by atoms with Crippen LogP contribution in [0.1, 0.15) is 16.8 Å². The molecular formula is C26H24N6O2S2. The number of nitrogens with one attached hydrogen (secondary N) is 2. The average Bonchev–Trinajstić information content (AvgIpc) is 3.22. The lowest BCUT2D eigenvalue weighted by atomic mass is 10.1. The third-order valence-corrected chi connectivity index (χ3v) is 8.10. The van der Waals surface area contributed by atoms with Gasteiger partial charge in [0.25, 0.3) is 10.0 Å². The van der Waals surface area contributed by atoms with Gasteiger partial charge in [0.15, 0.2) is 5.11 Å². The van der Waals surface area contributed by atoms with Crippen molar-refractivity contribution < 1.29 is 8.42 Å². The van der Waals surface area contributed by atoms with Gasteiger partial charge in [0.1, 0.15) is 11.4 Å². The van der Waals surface area contributed by atoms with Gasteiger partial charge in [-0.15, -0.1) is 0 Å². The molecule has 0 atom stereocenters. The van der Waals surface area contributed by atoms with Crippen molar-refractivity contribution in [2.75, 3.05) is 16.7 Å². The van der Waals surface area contributed by atoms with Gasteiger partial charge in [0.05, 0.1) is 22.5 Å². The molecule has 0 unspecified atom stereocenters. The van der Waals surface area contributed by atoms with E-state index >= 15 is 0 Å². The van der Waals surface area contributed by atoms with Crippen molar-refractivity contribution in [2.45, 2.75) is 18.7 Å². The summed E-state index contributed by atoms with van der Waals surface area (Å²) < 4.78 is 29.1. The predicted octanol–water partition coefficient (Wildman–Crippen LogP) is 4.62. The number of benzene rings is 3. The fourth-order valence-corrected chi connectivity index (χ4v) is 5.80. The zero-order chi connectivity index (χ0) is 25.4. The summed E-state index contributed by atoms with van der Waals surface area (Å²) in [6.45, 7) is 3.87. The molecule has 0 fully saturated rings. The van der Waals surface area contributed by atoms with E-state index in [0.29, 0.717) is 22.1 Å². The molecule has 0 spiro atoms. The van der Waals surface area contributed by atoms with Gasteiger partial charge < -0.3 is 5.32 Å². The molecule has 0 aliphatic carbocycles. The first-order valence-corrected chi connectivity index (χ1v) is 13.1. The van der Waals surface area contributed by atoms with Crippen molar-refractivity contribution in [1.82, 2.24) is 15.2 Å². The number of sulfonamides is 1. The first-order valence-electron chi connectivity index (χ1n) is 11.2. The predicted molar refractivity (Wildman–Crippen MR) is 147 cm³/mol. The average molecular weight is 517 g/mol. The Kier molecular flexibility index (Phi) is 6.07. The summed E-state index contributed by atoms with van der Waals surface area (Å²) >= 11 is 5.31. The number of hydrogen-bond acceptors (Lipinski definition) is 5. The van der Waals surface area contributed by atoms with E-state index < -0.39 is 10.0 Å². The van der Waals surface area contributed by atoms with Crippen LogP contribution in [0.2, 0.25) is 0 Å². The van der Waals surface area contributed by atoms with Crippen LogP contribution in [-0.2, 0) is 10.0 Å². The van der Waals surface area contributed by atoms with Gasteiger partial charge in [-0.25, -0.2) is 13.1 Å². The number of fused-ring (bicyclic) bond motifs is 3. The monoisotopic (exact) mass is 516 g/mol. The molecule has 3 aromatic carbocycles. The highest BCUT2D eigenvalue weighted by Crippen LogP contribution is 2.43. The van der Waals surface area contributed by atoms with Crippen LogP contribution >= 0.6 is 12.2 Å². The third kappa shape index (κ3) is 4.14. The molecule has 0 radical (unpaired) electrons. The number of para-hydroxylation sites is 1. The van der Waals surface area contributed by atoms with Crippen LogP contribution in [0.3, 0.4) is 0 Å². The molecule has 182 valence electrons. The Balaban J connectivity index is 1.35. The maximum absolute atomic E-state index is 13.0. The molecule has 0 bridgehead atoms. The Morgan fingerprint density at radius 2 is 1.69 bits per heavy atom. The zero-order valence-electron chi connectivity index (χ0n) is 19.9. The second-order valence-electron chi connectivity index (χ2n) is 8.39. The summed E-state index contributed by atoms with van der Waals surface area (Å²) in [6.07, 6.45) is 1.67. The normalized spacial score (nSPS) is 13.8. The molecule has 5 rings (SSSR count). The van der Waals surface area contributed by atoms with E-state index in [1.807, 2.05) is 68.4 Å². The summed E-state index contributed by atoms with van der Waals surface area (Å²) in [5, 5.41) is 12.5. The number of hydrogen-bond donors (Lipinski definition) is 2. The Morgan fingerprint density at radius 1 is 1.00 bits per heavy atom. The fourth-order valence-electron chi connectivity index (χ4n) is 4.19. The topological polar surface area (TPSA) is 91.6 Å². The maximum atomic E-state index is 13.0. The number of rotatable bonds is 4. The van der Waals surface area contributed by atoms with Gasteiger partial charge in [0, 0.05) is 18.3 Å². The minimum atomic E-state index is -3.63. The zero-order valence-corrected chi connectivity index (χ0v) is 21.6. The summed E-state index contributed by atoms with van der Waals surface area (Å²) in [5.41, 5.74) is 9.09. The minimum absolute atomic E-state index is 0.263. The lowest BCUT2D eigenvalue weighted by Crippen LogP contribution is -2.30. The van der Waals surface area contributed by atoms with Crippen molar-refractivity contribution in [3.8, 4) is 16.9 Å². The molecule has 0 saturated carbocycles. The van der Waals surface area contributed by atoms with E-state index in [0.717, 1.165) is 28.2 Å². The molecule has 1 aromatic heterocycles. The summed E-state index contributed by atoms with van der Waals surface area (Å²) in [5.74, 6) is 0. The highest BCUT2D eigenvalue weighted by molar-refractivity contribution is 7.93. The van der Waals surface area contributed by atoms with E-state index in [1.165, 1.54) is 4.31 Å². The van der Waals surface area contributed by atoms with Crippen LogP contribution in [0.5, 0.6) is 0 Å². The molecule has 0 saturated heterocycles. The molecule has 10 heteroatoms. The van der Waals surface area contributed by atoms with E-state index in [1.54, 1.807) is 36.1 Å². The molecule has 0 amide bonds. The van der Waals surface area contributed by atoms with Crippen LogP contribution in [0, 0.1) is 13.8 Å². The molecular weight excluding hydrogens is 492 g/mol. The number of aryl methyl sites for hydroxylation is 1. The number of nitrogens with zero attached hydrogens (tertiary/aromatic N) is 4. The van der Waals surface area contributed by atoms with Crippen LogP contribution in [0.4, 0.5) is 11.4 Å². The maximum Gasteiger partial charge on any atom is 0.264 e. The quantitative estimate of drug-likeness (QED) is 0.234. The molecule has 8 nitrogen and oxygen atoms in total. The number of aromatic nitrogens is 2. The van der Waals surface area contributed by atoms with E-state index in [4.69, 9.17) is 17.3 Å². The van der Waals surface area contributed by atoms with Crippen molar-refractivity contribution in [2.24, 2.45) is 5.10 Å². The number of hydrazone groups is 1. The second-order valence-corrected chi connectivity index (χ2v) is 10.7. The van der Waals surface area contributed by atoms with Crippen LogP contribution < -0.4 is 15.0 Å². The number of thiocarbonyl (C=S) groups is 1. The van der Waals surface area contributed by atoms with Gasteiger partial charge >= 0.3 is 0 Å². The largest absolute Gasteiger partial charge is 0.331 e. The first-order chi connectivity index (χ1) is 17.3. The van der Waals surface area contributed by atoms with Gasteiger partial charge in [0.2, 0.25) is 0 Å². The molecule has 1 aliphatic heterocycles.